The molecule has 0 spiro atoms. The van der Waals surface area contributed by atoms with Crippen molar-refractivity contribution in [3.05, 3.63) is 58.3 Å². The third-order valence-electron chi connectivity index (χ3n) is 2.27. The third-order valence-corrected chi connectivity index (χ3v) is 2.79. The predicted octanol–water partition coefficient (Wildman–Crippen LogP) is 3.43. The van der Waals surface area contributed by atoms with Gasteiger partial charge in [-0.05, 0) is 29.8 Å². The van der Waals surface area contributed by atoms with E-state index in [1.54, 1.807) is 0 Å². The van der Waals surface area contributed by atoms with Crippen LogP contribution in [-0.2, 0) is 0 Å². The Kier molecular flexibility index (Phi) is 2.89. The molecule has 1 aromatic heterocycles. The van der Waals surface area contributed by atoms with Crippen LogP contribution in [0.5, 0.6) is 0 Å². The van der Waals surface area contributed by atoms with E-state index in [1.807, 2.05) is 42.6 Å². The lowest BCUT2D eigenvalue weighted by atomic mass is 9.98. The summed E-state index contributed by atoms with van der Waals surface area (Å²) in [7, 11) is 0. The Labute approximate surface area is 96.7 Å². The van der Waals surface area contributed by atoms with E-state index in [0.29, 0.717) is 0 Å². The zero-order chi connectivity index (χ0) is 10.7. The molecule has 0 aliphatic rings. The van der Waals surface area contributed by atoms with Gasteiger partial charge >= 0.3 is 0 Å². The Balaban J connectivity index is 2.37. The van der Waals surface area contributed by atoms with E-state index in [1.165, 1.54) is 0 Å². The van der Waals surface area contributed by atoms with E-state index < -0.39 is 0 Å². The van der Waals surface area contributed by atoms with E-state index in [-0.39, 0.29) is 5.92 Å². The normalized spacial score (nSPS) is 12.0. The van der Waals surface area contributed by atoms with Gasteiger partial charge < -0.3 is 4.98 Å². The van der Waals surface area contributed by atoms with Gasteiger partial charge in [-0.2, -0.15) is 5.26 Å². The number of rotatable bonds is 2. The van der Waals surface area contributed by atoms with Crippen LogP contribution in [0.2, 0.25) is 0 Å². The SMILES string of the molecule is N#C[C@@H](c1ccc(Br)cc1)c1ccc[nH]1. The van der Waals surface area contributed by atoms with Crippen LogP contribution >= 0.6 is 15.9 Å². The highest BCUT2D eigenvalue weighted by Gasteiger charge is 2.13. The van der Waals surface area contributed by atoms with Crippen LogP contribution in [0.4, 0.5) is 0 Å². The molecule has 15 heavy (non-hydrogen) atoms. The number of aromatic nitrogens is 1. The van der Waals surface area contributed by atoms with Gasteiger partial charge in [-0.25, -0.2) is 0 Å². The molecule has 0 aliphatic carbocycles. The summed E-state index contributed by atoms with van der Waals surface area (Å²) in [6.45, 7) is 0. The predicted molar refractivity (Wildman–Crippen MR) is 62.4 cm³/mol. The van der Waals surface area contributed by atoms with E-state index >= 15 is 0 Å². The van der Waals surface area contributed by atoms with Crippen LogP contribution in [0, 0.1) is 11.3 Å². The highest BCUT2D eigenvalue weighted by molar-refractivity contribution is 9.10. The van der Waals surface area contributed by atoms with Crippen LogP contribution in [0.15, 0.2) is 47.1 Å². The number of halogens is 1. The summed E-state index contributed by atoms with van der Waals surface area (Å²) in [6, 6.07) is 13.9. The first-order valence-electron chi connectivity index (χ1n) is 4.59. The fourth-order valence-corrected chi connectivity index (χ4v) is 1.77. The van der Waals surface area contributed by atoms with Crippen molar-refractivity contribution in [1.29, 1.82) is 5.26 Å². The van der Waals surface area contributed by atoms with Crippen LogP contribution < -0.4 is 0 Å². The van der Waals surface area contributed by atoms with E-state index in [4.69, 9.17) is 5.26 Å². The molecule has 74 valence electrons. The molecule has 0 bridgehead atoms. The van der Waals surface area contributed by atoms with Crippen molar-refractivity contribution in [2.45, 2.75) is 5.92 Å². The average molecular weight is 261 g/mol. The van der Waals surface area contributed by atoms with Crippen molar-refractivity contribution < 1.29 is 0 Å². The smallest absolute Gasteiger partial charge is 0.111 e. The molecule has 1 heterocycles. The van der Waals surface area contributed by atoms with Crippen LogP contribution in [0.3, 0.4) is 0 Å². The standard InChI is InChI=1S/C12H9BrN2/c13-10-5-3-9(4-6-10)11(8-14)12-2-1-7-15-12/h1-7,11,15H/t11-/m0/s1. The molecule has 0 amide bonds. The number of nitrogens with zero attached hydrogens (tertiary/aromatic N) is 1. The van der Waals surface area contributed by atoms with E-state index in [0.717, 1.165) is 15.7 Å². The van der Waals surface area contributed by atoms with Crippen LogP contribution in [0.1, 0.15) is 17.2 Å². The highest BCUT2D eigenvalue weighted by Crippen LogP contribution is 2.23. The van der Waals surface area contributed by atoms with Gasteiger partial charge in [0.25, 0.3) is 0 Å². The molecule has 3 heteroatoms. The fraction of sp³-hybridized carbons (Fsp3) is 0.0833. The molecular formula is C12H9BrN2. The Hall–Kier alpha value is -1.53. The summed E-state index contributed by atoms with van der Waals surface area (Å²) in [4.78, 5) is 3.07. The minimum absolute atomic E-state index is 0.215. The molecule has 0 aliphatic heterocycles. The maximum Gasteiger partial charge on any atom is 0.111 e. The molecule has 0 radical (unpaired) electrons. The van der Waals surface area contributed by atoms with Crippen molar-refractivity contribution in [1.82, 2.24) is 4.98 Å². The second-order valence-corrected chi connectivity index (χ2v) is 4.15. The zero-order valence-corrected chi connectivity index (χ0v) is 9.53. The number of aromatic amines is 1. The lowest BCUT2D eigenvalue weighted by Gasteiger charge is -2.07. The molecular weight excluding hydrogens is 252 g/mol. The summed E-state index contributed by atoms with van der Waals surface area (Å²) in [6.07, 6.45) is 1.83. The maximum atomic E-state index is 9.14. The quantitative estimate of drug-likeness (QED) is 0.883. The molecule has 0 saturated carbocycles. The van der Waals surface area contributed by atoms with Gasteiger partial charge in [0, 0.05) is 16.4 Å². The highest BCUT2D eigenvalue weighted by atomic mass is 79.9. The van der Waals surface area contributed by atoms with Crippen LogP contribution in [-0.4, -0.2) is 4.98 Å². The van der Waals surface area contributed by atoms with Gasteiger partial charge in [-0.1, -0.05) is 28.1 Å². The first-order chi connectivity index (χ1) is 7.31. The van der Waals surface area contributed by atoms with Crippen molar-refractivity contribution >= 4 is 15.9 Å². The Bertz CT molecular complexity index is 465. The monoisotopic (exact) mass is 260 g/mol. The zero-order valence-electron chi connectivity index (χ0n) is 7.94. The number of nitrogens with one attached hydrogen (secondary N) is 1. The van der Waals surface area contributed by atoms with Crippen molar-refractivity contribution in [2.24, 2.45) is 0 Å². The van der Waals surface area contributed by atoms with E-state index in [9.17, 15) is 0 Å². The number of hydrogen-bond acceptors (Lipinski definition) is 1. The summed E-state index contributed by atoms with van der Waals surface area (Å²) in [5.74, 6) is -0.215. The first-order valence-corrected chi connectivity index (χ1v) is 5.39. The largest absolute Gasteiger partial charge is 0.364 e. The lowest BCUT2D eigenvalue weighted by molar-refractivity contribution is 0.984. The van der Waals surface area contributed by atoms with Crippen molar-refractivity contribution in [2.75, 3.05) is 0 Å². The first kappa shape index (κ1) is 10.0. The second kappa shape index (κ2) is 4.33. The summed E-state index contributed by atoms with van der Waals surface area (Å²) in [5.41, 5.74) is 1.93. The third kappa shape index (κ3) is 2.11. The molecule has 1 aromatic carbocycles. The molecule has 2 aromatic rings. The Morgan fingerprint density at radius 3 is 2.47 bits per heavy atom. The number of hydrogen-bond donors (Lipinski definition) is 1. The molecule has 0 saturated heterocycles. The number of nitriles is 1. The van der Waals surface area contributed by atoms with Crippen LogP contribution in [0.25, 0.3) is 0 Å². The minimum atomic E-state index is -0.215. The Morgan fingerprint density at radius 2 is 1.93 bits per heavy atom. The number of H-pyrrole nitrogens is 1. The number of benzene rings is 1. The fourth-order valence-electron chi connectivity index (χ4n) is 1.50. The van der Waals surface area contributed by atoms with Gasteiger partial charge in [-0.3, -0.25) is 0 Å². The average Bonchev–Trinajstić information content (AvgIpc) is 2.75. The van der Waals surface area contributed by atoms with Gasteiger partial charge in [0.15, 0.2) is 0 Å². The van der Waals surface area contributed by atoms with E-state index in [2.05, 4.69) is 27.0 Å². The lowest BCUT2D eigenvalue weighted by Crippen LogP contribution is -1.97. The summed E-state index contributed by atoms with van der Waals surface area (Å²) < 4.78 is 1.02. The summed E-state index contributed by atoms with van der Waals surface area (Å²) >= 11 is 3.37. The van der Waals surface area contributed by atoms with Gasteiger partial charge in [0.2, 0.25) is 0 Å². The van der Waals surface area contributed by atoms with Gasteiger partial charge in [0.05, 0.1) is 6.07 Å². The topological polar surface area (TPSA) is 39.6 Å². The second-order valence-electron chi connectivity index (χ2n) is 3.24. The maximum absolute atomic E-state index is 9.14. The van der Waals surface area contributed by atoms with Crippen molar-refractivity contribution in [3.63, 3.8) is 0 Å². The minimum Gasteiger partial charge on any atom is -0.364 e. The van der Waals surface area contributed by atoms with Gasteiger partial charge in [0.1, 0.15) is 5.92 Å². The molecule has 0 unspecified atom stereocenters. The molecule has 0 fully saturated rings. The molecule has 2 rings (SSSR count). The molecule has 1 N–H and O–H groups in total. The molecule has 1 atom stereocenters. The Morgan fingerprint density at radius 1 is 1.20 bits per heavy atom. The van der Waals surface area contributed by atoms with Crippen molar-refractivity contribution in [3.8, 4) is 6.07 Å². The molecule has 2 nitrogen and oxygen atoms in total. The van der Waals surface area contributed by atoms with Gasteiger partial charge in [-0.15, -0.1) is 0 Å². The summed E-state index contributed by atoms with van der Waals surface area (Å²) in [5, 5.41) is 9.14.